The fourth-order valence-corrected chi connectivity index (χ4v) is 2.04. The Bertz CT molecular complexity index is 458. The first-order chi connectivity index (χ1) is 8.74. The number of fused-ring (bicyclic) bond motifs is 2. The van der Waals surface area contributed by atoms with Gasteiger partial charge < -0.3 is 4.90 Å². The molecule has 1 aliphatic rings. The fraction of sp³-hybridized carbons (Fsp3) is 0.312. The average Bonchev–Trinajstić information content (AvgIpc) is 2.70. The molecule has 0 radical (unpaired) electrons. The molecule has 0 unspecified atom stereocenters. The normalized spacial score (nSPS) is 12.2. The third-order valence-corrected chi connectivity index (χ3v) is 2.89. The van der Waals surface area contributed by atoms with Crippen molar-refractivity contribution in [3.05, 3.63) is 65.5 Å². The summed E-state index contributed by atoms with van der Waals surface area (Å²) in [5.41, 5.74) is 4.06. The Morgan fingerprint density at radius 2 is 1.83 bits per heavy atom. The van der Waals surface area contributed by atoms with Gasteiger partial charge in [-0.25, -0.2) is 0 Å². The number of aromatic nitrogens is 1. The minimum atomic E-state index is 1.03. The van der Waals surface area contributed by atoms with Crippen LogP contribution < -0.4 is 0 Å². The van der Waals surface area contributed by atoms with Gasteiger partial charge in [-0.15, -0.1) is 0 Å². The highest BCUT2D eigenvalue weighted by Gasteiger charge is 2.04. The lowest BCUT2D eigenvalue weighted by atomic mass is 10.2. The predicted octanol–water partition coefficient (Wildman–Crippen LogP) is 2.93. The molecule has 1 aromatic heterocycles. The summed E-state index contributed by atoms with van der Waals surface area (Å²) in [7, 11) is 4.15. The van der Waals surface area contributed by atoms with Crippen LogP contribution >= 0.6 is 0 Å². The van der Waals surface area contributed by atoms with E-state index in [2.05, 4.69) is 60.4 Å². The molecule has 1 aliphatic carbocycles. The van der Waals surface area contributed by atoms with Crippen molar-refractivity contribution in [1.29, 1.82) is 0 Å². The van der Waals surface area contributed by atoms with Gasteiger partial charge in [0.25, 0.3) is 0 Å². The Morgan fingerprint density at radius 1 is 1.06 bits per heavy atom. The van der Waals surface area contributed by atoms with E-state index in [-0.39, 0.29) is 0 Å². The van der Waals surface area contributed by atoms with Crippen LogP contribution in [0.25, 0.3) is 0 Å². The largest absolute Gasteiger partial charge is 0.305 e. The van der Waals surface area contributed by atoms with Crippen molar-refractivity contribution in [3.63, 3.8) is 0 Å². The van der Waals surface area contributed by atoms with Crippen molar-refractivity contribution in [2.45, 2.75) is 19.4 Å². The highest BCUT2D eigenvalue weighted by molar-refractivity contribution is 5.23. The molecule has 0 N–H and O–H groups in total. The van der Waals surface area contributed by atoms with Crippen LogP contribution in [0, 0.1) is 0 Å². The molecule has 0 spiro atoms. The SMILES string of the molecule is CN(C)Cc1ccccc1.c1cc2cc(n1)CC2. The second-order valence-corrected chi connectivity index (χ2v) is 4.88. The van der Waals surface area contributed by atoms with Crippen LogP contribution in [0.3, 0.4) is 0 Å². The summed E-state index contributed by atoms with van der Waals surface area (Å²) in [5, 5.41) is 0. The minimum absolute atomic E-state index is 1.03. The minimum Gasteiger partial charge on any atom is -0.305 e. The van der Waals surface area contributed by atoms with E-state index in [1.807, 2.05) is 12.3 Å². The second-order valence-electron chi connectivity index (χ2n) is 4.88. The average molecular weight is 240 g/mol. The van der Waals surface area contributed by atoms with Gasteiger partial charge >= 0.3 is 0 Å². The Labute approximate surface area is 109 Å². The quantitative estimate of drug-likeness (QED) is 0.802. The van der Waals surface area contributed by atoms with E-state index in [1.54, 1.807) is 0 Å². The molecular formula is C16H20N2. The van der Waals surface area contributed by atoms with Crippen molar-refractivity contribution in [1.82, 2.24) is 9.88 Å². The van der Waals surface area contributed by atoms with E-state index in [1.165, 1.54) is 23.2 Å². The molecule has 2 heteroatoms. The summed E-state index contributed by atoms with van der Waals surface area (Å²) in [5.74, 6) is 0. The number of hydrogen-bond donors (Lipinski definition) is 0. The molecule has 0 atom stereocenters. The first-order valence-corrected chi connectivity index (χ1v) is 6.36. The van der Waals surface area contributed by atoms with Gasteiger partial charge in [0, 0.05) is 18.4 Å². The zero-order chi connectivity index (χ0) is 12.8. The second kappa shape index (κ2) is 6.31. The molecule has 0 amide bonds. The van der Waals surface area contributed by atoms with Crippen molar-refractivity contribution in [2.24, 2.45) is 0 Å². The smallest absolute Gasteiger partial charge is 0.0409 e. The van der Waals surface area contributed by atoms with E-state index < -0.39 is 0 Å². The maximum atomic E-state index is 4.15. The molecule has 3 rings (SSSR count). The maximum Gasteiger partial charge on any atom is 0.0409 e. The molecular weight excluding hydrogens is 220 g/mol. The number of pyridine rings is 1. The maximum absolute atomic E-state index is 4.15. The number of nitrogens with zero attached hydrogens (tertiary/aromatic N) is 2. The molecule has 2 nitrogen and oxygen atoms in total. The van der Waals surface area contributed by atoms with Crippen LogP contribution in [0.1, 0.15) is 16.8 Å². The van der Waals surface area contributed by atoms with Crippen molar-refractivity contribution in [3.8, 4) is 0 Å². The van der Waals surface area contributed by atoms with E-state index in [9.17, 15) is 0 Å². The van der Waals surface area contributed by atoms with Crippen LogP contribution in [-0.2, 0) is 19.4 Å². The van der Waals surface area contributed by atoms with Gasteiger partial charge in [-0.2, -0.15) is 0 Å². The van der Waals surface area contributed by atoms with Gasteiger partial charge in [0.15, 0.2) is 0 Å². The lowest BCUT2D eigenvalue weighted by Crippen LogP contribution is -2.10. The van der Waals surface area contributed by atoms with Crippen molar-refractivity contribution in [2.75, 3.05) is 14.1 Å². The molecule has 0 fully saturated rings. The van der Waals surface area contributed by atoms with E-state index >= 15 is 0 Å². The first kappa shape index (κ1) is 12.8. The standard InChI is InChI=1S/C9H13N.C7H7N/c1-10(2)8-9-6-4-3-5-7-9;1-2-7-5-6(1)3-4-8-7/h3-7H,8H2,1-2H3;3-5H,1-2H2. The summed E-state index contributed by atoms with van der Waals surface area (Å²) in [4.78, 5) is 6.31. The third-order valence-electron chi connectivity index (χ3n) is 2.89. The zero-order valence-electron chi connectivity index (χ0n) is 11.1. The number of hydrogen-bond acceptors (Lipinski definition) is 2. The molecule has 0 aliphatic heterocycles. The van der Waals surface area contributed by atoms with Gasteiger partial charge in [-0.3, -0.25) is 4.98 Å². The molecule has 0 saturated heterocycles. The van der Waals surface area contributed by atoms with Gasteiger partial charge in [0.1, 0.15) is 0 Å². The van der Waals surface area contributed by atoms with E-state index in [0.717, 1.165) is 13.0 Å². The Kier molecular flexibility index (Phi) is 4.48. The monoisotopic (exact) mass is 240 g/mol. The van der Waals surface area contributed by atoms with Crippen LogP contribution in [0.15, 0.2) is 48.7 Å². The molecule has 18 heavy (non-hydrogen) atoms. The summed E-state index contributed by atoms with van der Waals surface area (Å²) in [6, 6.07) is 14.7. The third kappa shape index (κ3) is 3.97. The number of rotatable bonds is 2. The molecule has 1 heterocycles. The highest BCUT2D eigenvalue weighted by atomic mass is 15.0. The number of benzene rings is 1. The molecule has 2 bridgehead atoms. The molecule has 94 valence electrons. The van der Waals surface area contributed by atoms with Crippen LogP contribution in [0.4, 0.5) is 0 Å². The van der Waals surface area contributed by atoms with Gasteiger partial charge in [-0.1, -0.05) is 30.3 Å². The fourth-order valence-electron chi connectivity index (χ4n) is 2.04. The summed E-state index contributed by atoms with van der Waals surface area (Å²) in [6.07, 6.45) is 4.25. The Hall–Kier alpha value is -1.67. The molecule has 0 saturated carbocycles. The van der Waals surface area contributed by atoms with Gasteiger partial charge in [0.2, 0.25) is 0 Å². The molecule has 2 aromatic rings. The summed E-state index contributed by atoms with van der Waals surface area (Å²) >= 11 is 0. The lowest BCUT2D eigenvalue weighted by Gasteiger charge is -2.08. The number of aryl methyl sites for hydroxylation is 2. The zero-order valence-corrected chi connectivity index (χ0v) is 11.1. The predicted molar refractivity (Wildman–Crippen MR) is 75.5 cm³/mol. The van der Waals surface area contributed by atoms with Gasteiger partial charge in [-0.05, 0) is 50.2 Å². The van der Waals surface area contributed by atoms with Crippen LogP contribution in [-0.4, -0.2) is 24.0 Å². The summed E-state index contributed by atoms with van der Waals surface area (Å²) < 4.78 is 0. The van der Waals surface area contributed by atoms with Crippen molar-refractivity contribution >= 4 is 0 Å². The van der Waals surface area contributed by atoms with Crippen LogP contribution in [0.5, 0.6) is 0 Å². The Balaban J connectivity index is 0.000000136. The van der Waals surface area contributed by atoms with Crippen LogP contribution in [0.2, 0.25) is 0 Å². The highest BCUT2D eigenvalue weighted by Crippen LogP contribution is 2.12. The van der Waals surface area contributed by atoms with Crippen molar-refractivity contribution < 1.29 is 0 Å². The lowest BCUT2D eigenvalue weighted by molar-refractivity contribution is 0.402. The van der Waals surface area contributed by atoms with Gasteiger partial charge in [0.05, 0.1) is 0 Å². The summed E-state index contributed by atoms with van der Waals surface area (Å²) in [6.45, 7) is 1.03. The first-order valence-electron chi connectivity index (χ1n) is 6.36. The topological polar surface area (TPSA) is 16.1 Å². The Morgan fingerprint density at radius 3 is 2.44 bits per heavy atom. The van der Waals surface area contributed by atoms with E-state index in [4.69, 9.17) is 0 Å². The molecule has 1 aromatic carbocycles. The van der Waals surface area contributed by atoms with E-state index in [0.29, 0.717) is 0 Å².